The summed E-state index contributed by atoms with van der Waals surface area (Å²) in [5.41, 5.74) is 5.34. The third-order valence-electron chi connectivity index (χ3n) is 2.82. The first-order valence-electron chi connectivity index (χ1n) is 5.21. The largest absolute Gasteiger partial charge is 0.330 e. The molecule has 0 atom stereocenters. The fourth-order valence-electron chi connectivity index (χ4n) is 1.77. The van der Waals surface area contributed by atoms with E-state index in [0.29, 0.717) is 18.7 Å². The van der Waals surface area contributed by atoms with Crippen LogP contribution in [0.25, 0.3) is 0 Å². The summed E-state index contributed by atoms with van der Waals surface area (Å²) < 4.78 is 64.2. The van der Waals surface area contributed by atoms with Gasteiger partial charge in [0.25, 0.3) is 0 Å². The summed E-state index contributed by atoms with van der Waals surface area (Å²) in [6.07, 6.45) is 0. The van der Waals surface area contributed by atoms with E-state index in [-0.39, 0.29) is 19.0 Å². The molecule has 0 aromatic heterocycles. The topological polar surface area (TPSA) is 63.4 Å². The van der Waals surface area contributed by atoms with Crippen molar-refractivity contribution >= 4 is 10.0 Å². The maximum Gasteiger partial charge on any atom is 0.248 e. The highest BCUT2D eigenvalue weighted by molar-refractivity contribution is 7.89. The lowest BCUT2D eigenvalue weighted by Gasteiger charge is -2.37. The van der Waals surface area contributed by atoms with Crippen LogP contribution < -0.4 is 5.73 Å². The predicted octanol–water partition coefficient (Wildman–Crippen LogP) is 0.683. The highest BCUT2D eigenvalue weighted by Gasteiger charge is 2.39. The molecule has 1 aromatic carbocycles. The van der Waals surface area contributed by atoms with Gasteiger partial charge >= 0.3 is 0 Å². The Morgan fingerprint density at radius 2 is 1.72 bits per heavy atom. The monoisotopic (exact) mass is 280 g/mol. The molecule has 100 valence electrons. The van der Waals surface area contributed by atoms with Crippen molar-refractivity contribution in [2.24, 2.45) is 11.7 Å². The zero-order valence-corrected chi connectivity index (χ0v) is 10.1. The molecule has 2 rings (SSSR count). The summed E-state index contributed by atoms with van der Waals surface area (Å²) in [5.74, 6) is -4.02. The number of hydrogen-bond acceptors (Lipinski definition) is 3. The second kappa shape index (κ2) is 4.52. The number of nitrogens with zero attached hydrogens (tertiary/aromatic N) is 1. The van der Waals surface area contributed by atoms with Crippen LogP contribution in [0.15, 0.2) is 17.0 Å². The summed E-state index contributed by atoms with van der Waals surface area (Å²) in [4.78, 5) is -1.11. The molecule has 1 heterocycles. The molecule has 18 heavy (non-hydrogen) atoms. The summed E-state index contributed by atoms with van der Waals surface area (Å²) in [6.45, 7) is 0.546. The Morgan fingerprint density at radius 3 is 2.17 bits per heavy atom. The maximum atomic E-state index is 13.4. The molecule has 0 bridgehead atoms. The number of nitrogens with two attached hydrogens (primary N) is 1. The first-order valence-corrected chi connectivity index (χ1v) is 6.65. The van der Waals surface area contributed by atoms with E-state index in [1.54, 1.807) is 0 Å². The van der Waals surface area contributed by atoms with Gasteiger partial charge < -0.3 is 5.73 Å². The molecule has 1 aromatic rings. The molecule has 0 aliphatic carbocycles. The molecule has 8 heteroatoms. The van der Waals surface area contributed by atoms with Gasteiger partial charge in [0.1, 0.15) is 17.5 Å². The molecule has 1 saturated heterocycles. The normalized spacial score (nSPS) is 17.8. The SMILES string of the molecule is NCC1CN(S(=O)(=O)c2c(F)cc(F)cc2F)C1. The number of halogens is 3. The summed E-state index contributed by atoms with van der Waals surface area (Å²) in [7, 11) is -4.26. The number of benzene rings is 1. The van der Waals surface area contributed by atoms with E-state index >= 15 is 0 Å². The average molecular weight is 280 g/mol. The van der Waals surface area contributed by atoms with Crippen LogP contribution in [0.4, 0.5) is 13.2 Å². The minimum Gasteiger partial charge on any atom is -0.330 e. The number of hydrogen-bond donors (Lipinski definition) is 1. The second-order valence-corrected chi connectivity index (χ2v) is 6.00. The Bertz CT molecular complexity index is 547. The van der Waals surface area contributed by atoms with Gasteiger partial charge in [0.2, 0.25) is 10.0 Å². The number of rotatable bonds is 3. The highest BCUT2D eigenvalue weighted by atomic mass is 32.2. The predicted molar refractivity (Wildman–Crippen MR) is 57.6 cm³/mol. The van der Waals surface area contributed by atoms with Gasteiger partial charge in [-0.15, -0.1) is 0 Å². The smallest absolute Gasteiger partial charge is 0.248 e. The maximum absolute atomic E-state index is 13.4. The van der Waals surface area contributed by atoms with Crippen molar-refractivity contribution in [1.29, 1.82) is 0 Å². The molecular weight excluding hydrogens is 269 g/mol. The van der Waals surface area contributed by atoms with Gasteiger partial charge in [0.15, 0.2) is 4.90 Å². The van der Waals surface area contributed by atoms with Crippen LogP contribution in [0.5, 0.6) is 0 Å². The van der Waals surface area contributed by atoms with Crippen molar-refractivity contribution in [2.75, 3.05) is 19.6 Å². The molecule has 0 saturated carbocycles. The first kappa shape index (κ1) is 13.3. The summed E-state index contributed by atoms with van der Waals surface area (Å²) in [5, 5.41) is 0. The Kier molecular flexibility index (Phi) is 3.35. The van der Waals surface area contributed by atoms with Crippen LogP contribution in [0.3, 0.4) is 0 Å². The van der Waals surface area contributed by atoms with E-state index in [4.69, 9.17) is 5.73 Å². The highest BCUT2D eigenvalue weighted by Crippen LogP contribution is 2.28. The molecule has 0 amide bonds. The van der Waals surface area contributed by atoms with E-state index < -0.39 is 32.4 Å². The first-order chi connectivity index (χ1) is 8.36. The molecule has 0 unspecified atom stereocenters. The van der Waals surface area contributed by atoms with E-state index in [1.165, 1.54) is 0 Å². The van der Waals surface area contributed by atoms with Gasteiger partial charge in [-0.3, -0.25) is 0 Å². The third kappa shape index (κ3) is 2.11. The Morgan fingerprint density at radius 1 is 1.22 bits per heavy atom. The van der Waals surface area contributed by atoms with E-state index in [9.17, 15) is 21.6 Å². The van der Waals surface area contributed by atoms with Gasteiger partial charge in [0.05, 0.1) is 0 Å². The van der Waals surface area contributed by atoms with Gasteiger partial charge in [-0.25, -0.2) is 21.6 Å². The van der Waals surface area contributed by atoms with Crippen molar-refractivity contribution < 1.29 is 21.6 Å². The minimum absolute atomic E-state index is 0.00801. The lowest BCUT2D eigenvalue weighted by molar-refractivity contribution is 0.206. The van der Waals surface area contributed by atoms with Crippen molar-refractivity contribution in [2.45, 2.75) is 4.90 Å². The van der Waals surface area contributed by atoms with Crippen LogP contribution in [-0.2, 0) is 10.0 Å². The Labute approximate surface area is 102 Å². The second-order valence-electron chi connectivity index (χ2n) is 4.12. The molecule has 2 N–H and O–H groups in total. The van der Waals surface area contributed by atoms with Gasteiger partial charge in [0, 0.05) is 25.2 Å². The molecule has 1 fully saturated rings. The van der Waals surface area contributed by atoms with Gasteiger partial charge in [-0.05, 0) is 12.5 Å². The lowest BCUT2D eigenvalue weighted by Crippen LogP contribution is -2.52. The van der Waals surface area contributed by atoms with Crippen molar-refractivity contribution in [3.63, 3.8) is 0 Å². The summed E-state index contributed by atoms with van der Waals surface area (Å²) in [6, 6.07) is 0.687. The number of sulfonamides is 1. The zero-order valence-electron chi connectivity index (χ0n) is 9.24. The fourth-order valence-corrected chi connectivity index (χ4v) is 3.46. The Hall–Kier alpha value is -1.12. The van der Waals surface area contributed by atoms with Crippen molar-refractivity contribution in [1.82, 2.24) is 4.31 Å². The Balaban J connectivity index is 2.37. The molecule has 1 aliphatic heterocycles. The fraction of sp³-hybridized carbons (Fsp3) is 0.400. The summed E-state index contributed by atoms with van der Waals surface area (Å²) >= 11 is 0. The van der Waals surface area contributed by atoms with E-state index in [2.05, 4.69) is 0 Å². The van der Waals surface area contributed by atoms with Crippen molar-refractivity contribution in [3.05, 3.63) is 29.6 Å². The van der Waals surface area contributed by atoms with E-state index in [0.717, 1.165) is 4.31 Å². The molecule has 0 radical (unpaired) electrons. The van der Waals surface area contributed by atoms with Gasteiger partial charge in [-0.1, -0.05) is 0 Å². The van der Waals surface area contributed by atoms with E-state index in [1.807, 2.05) is 0 Å². The van der Waals surface area contributed by atoms with Crippen LogP contribution in [0, 0.1) is 23.4 Å². The molecule has 4 nitrogen and oxygen atoms in total. The lowest BCUT2D eigenvalue weighted by atomic mass is 10.0. The zero-order chi connectivity index (χ0) is 13.5. The van der Waals surface area contributed by atoms with Crippen LogP contribution in [0.2, 0.25) is 0 Å². The van der Waals surface area contributed by atoms with Gasteiger partial charge in [-0.2, -0.15) is 4.31 Å². The molecule has 1 aliphatic rings. The molecular formula is C10H11F3N2O2S. The quantitative estimate of drug-likeness (QED) is 0.885. The standard InChI is InChI=1S/C10H11F3N2O2S/c11-7-1-8(12)10(9(13)2-7)18(16,17)15-4-6(3-14)5-15/h1-2,6H,3-5,14H2. The third-order valence-corrected chi connectivity index (χ3v) is 4.70. The van der Waals surface area contributed by atoms with Crippen LogP contribution in [-0.4, -0.2) is 32.4 Å². The molecule has 0 spiro atoms. The van der Waals surface area contributed by atoms with Crippen molar-refractivity contribution in [3.8, 4) is 0 Å². The minimum atomic E-state index is -4.26. The van der Waals surface area contributed by atoms with Crippen LogP contribution in [0.1, 0.15) is 0 Å². The van der Waals surface area contributed by atoms with Crippen LogP contribution >= 0.6 is 0 Å². The average Bonchev–Trinajstić information content (AvgIpc) is 2.12.